The number of carbonyl (C=O) groups is 1. The molecule has 5 nitrogen and oxygen atoms in total. The number of hydrogen-bond donors (Lipinski definition) is 1. The summed E-state index contributed by atoms with van der Waals surface area (Å²) in [5, 5.41) is 4.67. The van der Waals surface area contributed by atoms with Crippen molar-refractivity contribution in [3.63, 3.8) is 0 Å². The maximum atomic E-state index is 12.4. The molecule has 0 saturated carbocycles. The van der Waals surface area contributed by atoms with Crippen LogP contribution in [0.25, 0.3) is 0 Å². The van der Waals surface area contributed by atoms with Gasteiger partial charge in [0.15, 0.2) is 5.06 Å². The molecule has 116 valence electrons. The van der Waals surface area contributed by atoms with E-state index in [0.29, 0.717) is 16.8 Å². The Bertz CT molecular complexity index is 648. The van der Waals surface area contributed by atoms with Gasteiger partial charge in [0.1, 0.15) is 0 Å². The second-order valence-electron chi connectivity index (χ2n) is 5.76. The molecule has 0 unspecified atom stereocenters. The highest BCUT2D eigenvalue weighted by molar-refractivity contribution is 7.16. The number of rotatable bonds is 4. The van der Waals surface area contributed by atoms with Crippen LogP contribution in [0.5, 0.6) is 10.1 Å². The molecule has 22 heavy (non-hydrogen) atoms. The van der Waals surface area contributed by atoms with Crippen LogP contribution in [0.15, 0.2) is 23.8 Å². The predicted molar refractivity (Wildman–Crippen MR) is 86.9 cm³/mol. The number of thiazole rings is 1. The van der Waals surface area contributed by atoms with E-state index in [4.69, 9.17) is 4.74 Å². The molecule has 5 heterocycles. The van der Waals surface area contributed by atoms with Gasteiger partial charge < -0.3 is 15.0 Å². The van der Waals surface area contributed by atoms with Crippen molar-refractivity contribution in [3.05, 3.63) is 28.7 Å². The number of piperidine rings is 3. The Morgan fingerprint density at radius 1 is 1.32 bits per heavy atom. The highest BCUT2D eigenvalue weighted by atomic mass is 32.1. The van der Waals surface area contributed by atoms with Crippen molar-refractivity contribution in [2.24, 2.45) is 5.92 Å². The minimum absolute atomic E-state index is 0.0166. The van der Waals surface area contributed by atoms with Gasteiger partial charge in [-0.25, -0.2) is 4.98 Å². The molecule has 2 bridgehead atoms. The Kier molecular flexibility index (Phi) is 3.85. The minimum atomic E-state index is 0.0166. The number of ether oxygens (including phenoxy) is 1. The zero-order valence-corrected chi connectivity index (χ0v) is 13.7. The summed E-state index contributed by atoms with van der Waals surface area (Å²) in [7, 11) is 0. The fourth-order valence-corrected chi connectivity index (χ4v) is 4.53. The summed E-state index contributed by atoms with van der Waals surface area (Å²) >= 11 is 2.82. The average molecular weight is 335 g/mol. The van der Waals surface area contributed by atoms with E-state index in [0.717, 1.165) is 16.7 Å². The average Bonchev–Trinajstić information content (AvgIpc) is 3.21. The van der Waals surface area contributed by atoms with Crippen molar-refractivity contribution >= 4 is 28.6 Å². The topological polar surface area (TPSA) is 54.5 Å². The molecule has 7 heteroatoms. The number of thiophene rings is 1. The van der Waals surface area contributed by atoms with Crippen LogP contribution in [-0.2, 0) is 0 Å². The van der Waals surface area contributed by atoms with Crippen LogP contribution in [0.3, 0.4) is 0 Å². The van der Waals surface area contributed by atoms with Gasteiger partial charge in [0.25, 0.3) is 5.91 Å². The van der Waals surface area contributed by atoms with Crippen LogP contribution in [-0.4, -0.2) is 41.5 Å². The molecule has 0 aliphatic carbocycles. The largest absolute Gasteiger partial charge is 0.434 e. The summed E-state index contributed by atoms with van der Waals surface area (Å²) in [4.78, 5) is 19.5. The van der Waals surface area contributed by atoms with Gasteiger partial charge in [0.2, 0.25) is 5.06 Å². The quantitative estimate of drug-likeness (QED) is 0.933. The molecule has 0 spiro atoms. The second kappa shape index (κ2) is 5.98. The van der Waals surface area contributed by atoms with E-state index < -0.39 is 0 Å². The van der Waals surface area contributed by atoms with Crippen molar-refractivity contribution in [2.75, 3.05) is 19.6 Å². The fraction of sp³-hybridized carbons (Fsp3) is 0.467. The molecule has 0 radical (unpaired) electrons. The number of fused-ring (bicyclic) bond motifs is 3. The van der Waals surface area contributed by atoms with Gasteiger partial charge in [0.05, 0.1) is 16.6 Å². The molecule has 2 aromatic rings. The first-order valence-corrected chi connectivity index (χ1v) is 9.17. The number of hydrogen-bond acceptors (Lipinski definition) is 6. The van der Waals surface area contributed by atoms with E-state index in [9.17, 15) is 4.79 Å². The van der Waals surface area contributed by atoms with Crippen LogP contribution in [0.4, 0.5) is 0 Å². The zero-order valence-electron chi connectivity index (χ0n) is 12.0. The predicted octanol–water partition coefficient (Wildman–Crippen LogP) is 2.82. The summed E-state index contributed by atoms with van der Waals surface area (Å²) in [6, 6.07) is 3.97. The van der Waals surface area contributed by atoms with Gasteiger partial charge in [-0.15, -0.1) is 0 Å². The highest BCUT2D eigenvalue weighted by Crippen LogP contribution is 2.32. The van der Waals surface area contributed by atoms with E-state index in [1.54, 1.807) is 11.7 Å². The van der Waals surface area contributed by atoms with E-state index in [1.165, 1.54) is 48.6 Å². The van der Waals surface area contributed by atoms with Crippen LogP contribution in [0.1, 0.15) is 22.5 Å². The van der Waals surface area contributed by atoms with Gasteiger partial charge in [-0.05, 0) is 44.0 Å². The molecule has 3 aliphatic rings. The highest BCUT2D eigenvalue weighted by Gasteiger charge is 2.35. The molecule has 0 aromatic carbocycles. The lowest BCUT2D eigenvalue weighted by molar-refractivity contribution is 0.0622. The standard InChI is InChI=1S/C15H17N3O2S2/c19-15(17-11-8-18-5-3-10(11)4-6-18)12-1-2-13(22-12)20-14-7-16-9-21-14/h1-2,7,9-11H,3-6,8H2,(H,17,19)/t11-/m0/s1. The van der Waals surface area contributed by atoms with Gasteiger partial charge in [0, 0.05) is 12.6 Å². The van der Waals surface area contributed by atoms with Crippen LogP contribution >= 0.6 is 22.7 Å². The van der Waals surface area contributed by atoms with Crippen molar-refractivity contribution in [2.45, 2.75) is 18.9 Å². The third kappa shape index (κ3) is 2.88. The first-order chi connectivity index (χ1) is 10.8. The number of nitrogens with zero attached hydrogens (tertiary/aromatic N) is 2. The zero-order chi connectivity index (χ0) is 14.9. The molecule has 1 atom stereocenters. The molecule has 1 amide bonds. The molecular weight excluding hydrogens is 318 g/mol. The number of nitrogens with one attached hydrogen (secondary N) is 1. The lowest BCUT2D eigenvalue weighted by Crippen LogP contribution is -2.57. The van der Waals surface area contributed by atoms with Crippen molar-refractivity contribution in [3.8, 4) is 10.1 Å². The summed E-state index contributed by atoms with van der Waals surface area (Å²) in [6.07, 6.45) is 4.08. The molecule has 1 N–H and O–H groups in total. The third-order valence-electron chi connectivity index (χ3n) is 4.39. The van der Waals surface area contributed by atoms with Gasteiger partial charge in [-0.1, -0.05) is 22.7 Å². The lowest BCUT2D eigenvalue weighted by atomic mass is 9.84. The van der Waals surface area contributed by atoms with Crippen LogP contribution in [0, 0.1) is 5.92 Å². The van der Waals surface area contributed by atoms with E-state index in [-0.39, 0.29) is 5.91 Å². The summed E-state index contributed by atoms with van der Waals surface area (Å²) in [5.41, 5.74) is 1.73. The number of carbonyl (C=O) groups excluding carboxylic acids is 1. The monoisotopic (exact) mass is 335 g/mol. The fourth-order valence-electron chi connectivity index (χ4n) is 3.22. The second-order valence-corrected chi connectivity index (χ2v) is 7.65. The first kappa shape index (κ1) is 14.2. The molecule has 2 aromatic heterocycles. The summed E-state index contributed by atoms with van der Waals surface area (Å²) in [5.74, 6) is 0.657. The van der Waals surface area contributed by atoms with Crippen LogP contribution < -0.4 is 10.1 Å². The Morgan fingerprint density at radius 3 is 2.86 bits per heavy atom. The summed E-state index contributed by atoms with van der Waals surface area (Å²) in [6.45, 7) is 3.36. The van der Waals surface area contributed by atoms with Crippen LogP contribution in [0.2, 0.25) is 0 Å². The van der Waals surface area contributed by atoms with E-state index in [1.807, 2.05) is 12.1 Å². The summed E-state index contributed by atoms with van der Waals surface area (Å²) < 4.78 is 5.67. The molecular formula is C15H17N3O2S2. The van der Waals surface area contributed by atoms with Crippen molar-refractivity contribution < 1.29 is 9.53 Å². The molecule has 3 fully saturated rings. The first-order valence-electron chi connectivity index (χ1n) is 7.47. The number of aromatic nitrogens is 1. The van der Waals surface area contributed by atoms with E-state index >= 15 is 0 Å². The Labute approximate surface area is 136 Å². The third-order valence-corrected chi connectivity index (χ3v) is 6.00. The van der Waals surface area contributed by atoms with E-state index in [2.05, 4.69) is 15.2 Å². The maximum absolute atomic E-state index is 12.4. The minimum Gasteiger partial charge on any atom is -0.434 e. The van der Waals surface area contributed by atoms with Gasteiger partial charge in [-0.3, -0.25) is 4.79 Å². The van der Waals surface area contributed by atoms with Crippen molar-refractivity contribution in [1.29, 1.82) is 0 Å². The maximum Gasteiger partial charge on any atom is 0.261 e. The van der Waals surface area contributed by atoms with Crippen molar-refractivity contribution in [1.82, 2.24) is 15.2 Å². The Morgan fingerprint density at radius 2 is 2.18 bits per heavy atom. The molecule has 3 aliphatic heterocycles. The van der Waals surface area contributed by atoms with Gasteiger partial charge in [-0.2, -0.15) is 0 Å². The Hall–Kier alpha value is -1.44. The number of amides is 1. The Balaban J connectivity index is 1.39. The lowest BCUT2D eigenvalue weighted by Gasteiger charge is -2.44. The smallest absolute Gasteiger partial charge is 0.261 e. The molecule has 3 saturated heterocycles. The SMILES string of the molecule is O=C(N[C@H]1CN2CCC1CC2)c1ccc(Oc2cncs2)s1. The van der Waals surface area contributed by atoms with Gasteiger partial charge >= 0.3 is 0 Å². The normalized spacial score (nSPS) is 26.8. The molecule has 5 rings (SSSR count).